The fourth-order valence-electron chi connectivity index (χ4n) is 3.58. The molecule has 1 aliphatic heterocycles. The van der Waals surface area contributed by atoms with E-state index in [0.29, 0.717) is 24.3 Å². The van der Waals surface area contributed by atoms with Gasteiger partial charge in [-0.3, -0.25) is 4.90 Å². The first-order valence-electron chi connectivity index (χ1n) is 10.5. The summed E-state index contributed by atoms with van der Waals surface area (Å²) in [5.74, 6) is 0.0664. The van der Waals surface area contributed by atoms with Crippen LogP contribution in [0.15, 0.2) is 47.4 Å². The van der Waals surface area contributed by atoms with Crippen molar-refractivity contribution in [2.24, 2.45) is 0 Å². The Morgan fingerprint density at radius 3 is 2.33 bits per heavy atom. The smallest absolute Gasteiger partial charge is 0.411 e. The lowest BCUT2D eigenvalue weighted by atomic mass is 9.92. The Balaban J connectivity index is 1.78. The van der Waals surface area contributed by atoms with Gasteiger partial charge in [-0.1, -0.05) is 18.2 Å². The Labute approximate surface area is 194 Å². The molecule has 3 rings (SSSR count). The number of benzene rings is 2. The van der Waals surface area contributed by atoms with E-state index in [9.17, 15) is 18.0 Å². The molecule has 8 nitrogen and oxygen atoms in total. The monoisotopic (exact) mass is 475 g/mol. The molecular formula is C24H29NO7S. The molecule has 33 heavy (non-hydrogen) atoms. The minimum absolute atomic E-state index is 0.253. The van der Waals surface area contributed by atoms with Gasteiger partial charge in [0.15, 0.2) is 15.9 Å². The van der Waals surface area contributed by atoms with Crippen LogP contribution in [0.2, 0.25) is 0 Å². The Kier molecular flexibility index (Phi) is 7.02. The summed E-state index contributed by atoms with van der Waals surface area (Å²) >= 11 is 0. The number of esters is 1. The van der Waals surface area contributed by atoms with Crippen LogP contribution in [0.4, 0.5) is 4.79 Å². The van der Waals surface area contributed by atoms with E-state index < -0.39 is 33.5 Å². The van der Waals surface area contributed by atoms with Crippen LogP contribution in [0.25, 0.3) is 0 Å². The lowest BCUT2D eigenvalue weighted by Gasteiger charge is -2.36. The summed E-state index contributed by atoms with van der Waals surface area (Å²) in [4.78, 5) is 26.9. The van der Waals surface area contributed by atoms with E-state index in [-0.39, 0.29) is 11.5 Å². The number of rotatable bonds is 5. The molecule has 2 aromatic rings. The number of ether oxygens (including phenoxy) is 3. The highest BCUT2D eigenvalue weighted by Crippen LogP contribution is 2.34. The second-order valence-corrected chi connectivity index (χ2v) is 10.9. The quantitative estimate of drug-likeness (QED) is 0.608. The van der Waals surface area contributed by atoms with Crippen LogP contribution in [0.5, 0.6) is 5.75 Å². The molecule has 1 aliphatic rings. The maximum absolute atomic E-state index is 12.7. The third-order valence-corrected chi connectivity index (χ3v) is 6.28. The zero-order valence-corrected chi connectivity index (χ0v) is 20.3. The first kappa shape index (κ1) is 24.6. The molecule has 0 aliphatic carbocycles. The summed E-state index contributed by atoms with van der Waals surface area (Å²) in [6.45, 7) is 5.88. The van der Waals surface area contributed by atoms with E-state index >= 15 is 0 Å². The third-order valence-electron chi connectivity index (χ3n) is 5.15. The Morgan fingerprint density at radius 2 is 1.76 bits per heavy atom. The number of hydrogen-bond acceptors (Lipinski definition) is 7. The normalized spacial score (nSPS) is 16.0. The molecule has 1 heterocycles. The van der Waals surface area contributed by atoms with Gasteiger partial charge < -0.3 is 14.2 Å². The second-order valence-electron chi connectivity index (χ2n) is 8.91. The summed E-state index contributed by atoms with van der Waals surface area (Å²) in [6.07, 6.45) is 1.13. The number of hydrogen-bond donors (Lipinski definition) is 0. The van der Waals surface area contributed by atoms with Crippen LogP contribution in [0, 0.1) is 0 Å². The van der Waals surface area contributed by atoms with Crippen molar-refractivity contribution in [2.45, 2.75) is 50.3 Å². The predicted molar refractivity (Wildman–Crippen MR) is 122 cm³/mol. The molecule has 0 spiro atoms. The molecule has 1 amide bonds. The third kappa shape index (κ3) is 6.04. The standard InChI is InChI=1S/C24H29NO7S/c1-24(2,3)32-23(27)25-13-12-17-14-18(8-11-20(17)21(25)22(26)30-4)31-15-16-6-9-19(10-7-16)33(5,28)29/h6-11,14,21H,12-13,15H2,1-5H3/t21-/m1/s1. The number of carbonyl (C=O) groups is 2. The first-order valence-corrected chi connectivity index (χ1v) is 12.4. The molecule has 178 valence electrons. The topological polar surface area (TPSA) is 99.2 Å². The molecule has 0 saturated heterocycles. The summed E-state index contributed by atoms with van der Waals surface area (Å²) in [7, 11) is -1.96. The van der Waals surface area contributed by atoms with E-state index in [1.165, 1.54) is 12.0 Å². The van der Waals surface area contributed by atoms with Gasteiger partial charge in [-0.2, -0.15) is 0 Å². The molecule has 0 bridgehead atoms. The van der Waals surface area contributed by atoms with Crippen LogP contribution < -0.4 is 4.74 Å². The Bertz CT molecular complexity index is 1130. The van der Waals surface area contributed by atoms with Crippen molar-refractivity contribution in [3.8, 4) is 5.75 Å². The lowest BCUT2D eigenvalue weighted by molar-refractivity contribution is -0.147. The van der Waals surface area contributed by atoms with Crippen molar-refractivity contribution in [2.75, 3.05) is 19.9 Å². The highest BCUT2D eigenvalue weighted by Gasteiger charge is 2.39. The van der Waals surface area contributed by atoms with Crippen LogP contribution in [-0.2, 0) is 37.1 Å². The molecule has 0 aromatic heterocycles. The number of nitrogens with zero attached hydrogens (tertiary/aromatic N) is 1. The summed E-state index contributed by atoms with van der Waals surface area (Å²) in [6, 6.07) is 11.0. The predicted octanol–water partition coefficient (Wildman–Crippen LogP) is 3.68. The minimum atomic E-state index is -3.25. The van der Waals surface area contributed by atoms with Gasteiger partial charge in [0.25, 0.3) is 0 Å². The van der Waals surface area contributed by atoms with Crippen molar-refractivity contribution >= 4 is 21.9 Å². The van der Waals surface area contributed by atoms with Gasteiger partial charge in [-0.05, 0) is 68.1 Å². The molecule has 0 fully saturated rings. The largest absolute Gasteiger partial charge is 0.489 e. The SMILES string of the molecule is COC(=O)[C@H]1c2ccc(OCc3ccc(S(C)(=O)=O)cc3)cc2CCN1C(=O)OC(C)(C)C. The number of amides is 1. The zero-order valence-electron chi connectivity index (χ0n) is 19.5. The van der Waals surface area contributed by atoms with Crippen molar-refractivity contribution in [1.82, 2.24) is 4.90 Å². The van der Waals surface area contributed by atoms with Crippen molar-refractivity contribution in [3.05, 3.63) is 59.2 Å². The summed E-state index contributed by atoms with van der Waals surface area (Å²) in [5.41, 5.74) is 1.69. The van der Waals surface area contributed by atoms with Gasteiger partial charge in [0.05, 0.1) is 12.0 Å². The lowest BCUT2D eigenvalue weighted by Crippen LogP contribution is -2.46. The number of sulfone groups is 1. The molecule has 0 unspecified atom stereocenters. The van der Waals surface area contributed by atoms with Gasteiger partial charge in [0.1, 0.15) is 18.0 Å². The zero-order chi connectivity index (χ0) is 24.4. The van der Waals surface area contributed by atoms with Crippen LogP contribution >= 0.6 is 0 Å². The van der Waals surface area contributed by atoms with Gasteiger partial charge in [-0.25, -0.2) is 18.0 Å². The molecule has 2 aromatic carbocycles. The molecule has 0 saturated carbocycles. The van der Waals surface area contributed by atoms with Crippen LogP contribution in [0.3, 0.4) is 0 Å². The average Bonchev–Trinajstić information content (AvgIpc) is 2.74. The number of methoxy groups -OCH3 is 1. The van der Waals surface area contributed by atoms with Crippen molar-refractivity contribution in [1.29, 1.82) is 0 Å². The van der Waals surface area contributed by atoms with E-state index in [1.807, 2.05) is 6.07 Å². The maximum atomic E-state index is 12.7. The highest BCUT2D eigenvalue weighted by molar-refractivity contribution is 7.90. The molecule has 9 heteroatoms. The Morgan fingerprint density at radius 1 is 1.09 bits per heavy atom. The summed E-state index contributed by atoms with van der Waals surface area (Å²) in [5, 5.41) is 0. The van der Waals surface area contributed by atoms with Crippen LogP contribution in [0.1, 0.15) is 43.5 Å². The van der Waals surface area contributed by atoms with Gasteiger partial charge in [0.2, 0.25) is 0 Å². The fourth-order valence-corrected chi connectivity index (χ4v) is 4.21. The Hall–Kier alpha value is -3.07. The van der Waals surface area contributed by atoms with Crippen molar-refractivity contribution in [3.63, 3.8) is 0 Å². The van der Waals surface area contributed by atoms with Gasteiger partial charge in [0, 0.05) is 12.8 Å². The van der Waals surface area contributed by atoms with E-state index in [0.717, 1.165) is 17.4 Å². The highest BCUT2D eigenvalue weighted by atomic mass is 32.2. The van der Waals surface area contributed by atoms with Gasteiger partial charge >= 0.3 is 12.1 Å². The first-order chi connectivity index (χ1) is 15.4. The van der Waals surface area contributed by atoms with E-state index in [1.54, 1.807) is 57.2 Å². The second kappa shape index (κ2) is 9.43. The van der Waals surface area contributed by atoms with Gasteiger partial charge in [-0.15, -0.1) is 0 Å². The summed E-state index contributed by atoms with van der Waals surface area (Å²) < 4.78 is 39.5. The number of carbonyl (C=O) groups excluding carboxylic acids is 2. The molecular weight excluding hydrogens is 446 g/mol. The maximum Gasteiger partial charge on any atom is 0.411 e. The average molecular weight is 476 g/mol. The van der Waals surface area contributed by atoms with E-state index in [2.05, 4.69) is 0 Å². The van der Waals surface area contributed by atoms with Crippen LogP contribution in [-0.4, -0.2) is 50.9 Å². The van der Waals surface area contributed by atoms with E-state index in [4.69, 9.17) is 14.2 Å². The molecule has 1 atom stereocenters. The molecule has 0 N–H and O–H groups in total. The van der Waals surface area contributed by atoms with Crippen molar-refractivity contribution < 1.29 is 32.2 Å². The molecule has 0 radical (unpaired) electrons. The number of fused-ring (bicyclic) bond motifs is 1. The fraction of sp³-hybridized carbons (Fsp3) is 0.417. The minimum Gasteiger partial charge on any atom is -0.489 e.